The van der Waals surface area contributed by atoms with Gasteiger partial charge in [0.25, 0.3) is 5.69 Å². The fourth-order valence-corrected chi connectivity index (χ4v) is 1.05. The van der Waals surface area contributed by atoms with Gasteiger partial charge in [0.05, 0.1) is 11.0 Å². The number of carbonyl (C=O) groups is 1. The van der Waals surface area contributed by atoms with Gasteiger partial charge in [-0.25, -0.2) is 9.18 Å². The van der Waals surface area contributed by atoms with Gasteiger partial charge in [-0.1, -0.05) is 0 Å². The fraction of sp³-hybridized carbons (Fsp3) is 0.222. The van der Waals surface area contributed by atoms with Crippen molar-refractivity contribution in [1.82, 2.24) is 0 Å². The molecule has 0 amide bonds. The molecule has 17 heavy (non-hydrogen) atoms. The van der Waals surface area contributed by atoms with E-state index in [2.05, 4.69) is 0 Å². The van der Waals surface area contributed by atoms with E-state index in [1.54, 1.807) is 0 Å². The van der Waals surface area contributed by atoms with E-state index < -0.39 is 34.3 Å². The van der Waals surface area contributed by atoms with Crippen LogP contribution in [0.5, 0.6) is 5.75 Å². The Balaban J connectivity index is 2.93. The number of carboxylic acid groups (broad SMARTS) is 1. The van der Waals surface area contributed by atoms with Gasteiger partial charge in [0.15, 0.2) is 11.6 Å². The predicted octanol–water partition coefficient (Wildman–Crippen LogP) is 0.525. The number of non-ortho nitro benzene ring substituents is 1. The number of ether oxygens (including phenoxy) is 1. The van der Waals surface area contributed by atoms with Gasteiger partial charge in [0.1, 0.15) is 0 Å². The average Bonchev–Trinajstić information content (AvgIpc) is 2.26. The maximum atomic E-state index is 13.3. The summed E-state index contributed by atoms with van der Waals surface area (Å²) in [4.78, 5) is 20.1. The van der Waals surface area contributed by atoms with E-state index in [0.29, 0.717) is 6.07 Å². The maximum Gasteiger partial charge on any atom is 0.346 e. The Labute approximate surface area is 94.8 Å². The second-order valence-corrected chi connectivity index (χ2v) is 3.05. The Hall–Kier alpha value is -2.22. The van der Waals surface area contributed by atoms with Gasteiger partial charge in [-0.15, -0.1) is 0 Å². The molecule has 3 N–H and O–H groups in total. The number of rotatable bonds is 5. The Morgan fingerprint density at radius 3 is 2.71 bits per heavy atom. The van der Waals surface area contributed by atoms with Crippen LogP contribution in [0, 0.1) is 15.9 Å². The van der Waals surface area contributed by atoms with Crippen molar-refractivity contribution in [2.24, 2.45) is 5.73 Å². The van der Waals surface area contributed by atoms with Gasteiger partial charge in [-0.2, -0.15) is 0 Å². The van der Waals surface area contributed by atoms with Crippen LogP contribution < -0.4 is 10.5 Å². The molecule has 7 nitrogen and oxygen atoms in total. The highest BCUT2D eigenvalue weighted by Crippen LogP contribution is 2.23. The molecule has 0 saturated heterocycles. The van der Waals surface area contributed by atoms with Crippen LogP contribution in [-0.4, -0.2) is 28.6 Å². The van der Waals surface area contributed by atoms with Crippen LogP contribution in [0.4, 0.5) is 10.1 Å². The summed E-state index contributed by atoms with van der Waals surface area (Å²) in [7, 11) is 0. The van der Waals surface area contributed by atoms with Crippen molar-refractivity contribution in [1.29, 1.82) is 0 Å². The highest BCUT2D eigenvalue weighted by Gasteiger charge is 2.20. The predicted molar refractivity (Wildman–Crippen MR) is 54.2 cm³/mol. The van der Waals surface area contributed by atoms with E-state index in [4.69, 9.17) is 15.6 Å². The zero-order chi connectivity index (χ0) is 13.0. The third kappa shape index (κ3) is 3.11. The lowest BCUT2D eigenvalue weighted by atomic mass is 10.3. The lowest BCUT2D eigenvalue weighted by molar-refractivity contribution is -0.385. The van der Waals surface area contributed by atoms with E-state index in [9.17, 15) is 19.3 Å². The van der Waals surface area contributed by atoms with Crippen molar-refractivity contribution < 1.29 is 24.0 Å². The molecule has 0 spiro atoms. The second-order valence-electron chi connectivity index (χ2n) is 3.05. The van der Waals surface area contributed by atoms with E-state index in [1.165, 1.54) is 0 Å². The molecule has 0 aliphatic carbocycles. The number of carboxylic acids is 1. The summed E-state index contributed by atoms with van der Waals surface area (Å²) < 4.78 is 18.1. The number of nitro groups is 1. The first kappa shape index (κ1) is 12.8. The summed E-state index contributed by atoms with van der Waals surface area (Å²) in [5.41, 5.74) is 4.66. The van der Waals surface area contributed by atoms with Crippen LogP contribution in [0.2, 0.25) is 0 Å². The summed E-state index contributed by atoms with van der Waals surface area (Å²) in [6.07, 6.45) is -1.40. The van der Waals surface area contributed by atoms with Gasteiger partial charge in [-0.05, 0) is 6.07 Å². The first-order valence-electron chi connectivity index (χ1n) is 4.49. The van der Waals surface area contributed by atoms with Crippen LogP contribution in [0.15, 0.2) is 18.2 Å². The van der Waals surface area contributed by atoms with Crippen molar-refractivity contribution in [2.45, 2.75) is 6.10 Å². The molecule has 1 unspecified atom stereocenters. The summed E-state index contributed by atoms with van der Waals surface area (Å²) >= 11 is 0. The number of nitrogens with zero attached hydrogens (tertiary/aromatic N) is 1. The van der Waals surface area contributed by atoms with Crippen molar-refractivity contribution in [3.05, 3.63) is 34.1 Å². The van der Waals surface area contributed by atoms with Crippen LogP contribution in [-0.2, 0) is 4.79 Å². The van der Waals surface area contributed by atoms with Gasteiger partial charge in [-0.3, -0.25) is 10.1 Å². The lowest BCUT2D eigenvalue weighted by Gasteiger charge is -2.13. The normalized spacial score (nSPS) is 11.9. The summed E-state index contributed by atoms with van der Waals surface area (Å²) in [5, 5.41) is 19.0. The molecular formula is C9H9FN2O5. The second kappa shape index (κ2) is 5.21. The van der Waals surface area contributed by atoms with Crippen LogP contribution in [0.3, 0.4) is 0 Å². The number of nitro benzene ring substituents is 1. The number of nitrogens with two attached hydrogens (primary N) is 1. The topological polar surface area (TPSA) is 116 Å². The van der Waals surface area contributed by atoms with Gasteiger partial charge in [0.2, 0.25) is 6.10 Å². The van der Waals surface area contributed by atoms with Crippen molar-refractivity contribution >= 4 is 11.7 Å². The van der Waals surface area contributed by atoms with E-state index >= 15 is 0 Å². The molecule has 0 heterocycles. The number of hydrogen-bond acceptors (Lipinski definition) is 5. The minimum Gasteiger partial charge on any atom is -0.478 e. The molecule has 8 heteroatoms. The Morgan fingerprint density at radius 2 is 2.29 bits per heavy atom. The minimum absolute atomic E-state index is 0.342. The molecule has 0 bridgehead atoms. The highest BCUT2D eigenvalue weighted by molar-refractivity contribution is 5.73. The quantitative estimate of drug-likeness (QED) is 0.576. The van der Waals surface area contributed by atoms with Crippen LogP contribution in [0.1, 0.15) is 0 Å². The summed E-state index contributed by atoms with van der Waals surface area (Å²) in [6, 6.07) is 2.64. The summed E-state index contributed by atoms with van der Waals surface area (Å²) in [5.74, 6) is -2.75. The molecule has 1 aromatic rings. The smallest absolute Gasteiger partial charge is 0.346 e. The van der Waals surface area contributed by atoms with Crippen LogP contribution >= 0.6 is 0 Å². The molecule has 1 rings (SSSR count). The standard InChI is InChI=1S/C9H9FN2O5/c10-6-3-5(12(15)16)1-2-7(6)17-8(4-11)9(13)14/h1-3,8H,4,11H2,(H,13,14). The summed E-state index contributed by atoms with van der Waals surface area (Å²) in [6.45, 7) is -0.342. The Bertz CT molecular complexity index is 451. The average molecular weight is 244 g/mol. The fourth-order valence-electron chi connectivity index (χ4n) is 1.05. The Kier molecular flexibility index (Phi) is 3.94. The zero-order valence-corrected chi connectivity index (χ0v) is 8.50. The maximum absolute atomic E-state index is 13.3. The Morgan fingerprint density at radius 1 is 1.65 bits per heavy atom. The van der Waals surface area contributed by atoms with E-state index in [1.807, 2.05) is 0 Å². The number of halogens is 1. The first-order chi connectivity index (χ1) is 7.95. The highest BCUT2D eigenvalue weighted by atomic mass is 19.1. The largest absolute Gasteiger partial charge is 0.478 e. The molecule has 0 aliphatic heterocycles. The molecule has 0 radical (unpaired) electrons. The zero-order valence-electron chi connectivity index (χ0n) is 8.50. The van der Waals surface area contributed by atoms with Crippen molar-refractivity contribution in [3.8, 4) is 5.75 Å². The number of benzene rings is 1. The molecular weight excluding hydrogens is 235 g/mol. The minimum atomic E-state index is -1.40. The van der Waals surface area contributed by atoms with Gasteiger partial charge >= 0.3 is 5.97 Å². The van der Waals surface area contributed by atoms with Gasteiger partial charge < -0.3 is 15.6 Å². The molecule has 1 atom stereocenters. The van der Waals surface area contributed by atoms with Gasteiger partial charge in [0, 0.05) is 12.6 Å². The number of hydrogen-bond donors (Lipinski definition) is 2. The lowest BCUT2D eigenvalue weighted by Crippen LogP contribution is -2.34. The van der Waals surface area contributed by atoms with E-state index in [0.717, 1.165) is 12.1 Å². The third-order valence-corrected chi connectivity index (χ3v) is 1.89. The molecule has 92 valence electrons. The number of aliphatic carboxylic acids is 1. The molecule has 0 saturated carbocycles. The SMILES string of the molecule is NCC(Oc1ccc([N+](=O)[O-])cc1F)C(=O)O. The monoisotopic (exact) mass is 244 g/mol. The van der Waals surface area contributed by atoms with Crippen LogP contribution in [0.25, 0.3) is 0 Å². The molecule has 0 fully saturated rings. The van der Waals surface area contributed by atoms with Crippen molar-refractivity contribution in [2.75, 3.05) is 6.54 Å². The molecule has 1 aromatic carbocycles. The molecule has 0 aromatic heterocycles. The van der Waals surface area contributed by atoms with E-state index in [-0.39, 0.29) is 6.54 Å². The first-order valence-corrected chi connectivity index (χ1v) is 4.49. The third-order valence-electron chi connectivity index (χ3n) is 1.89. The van der Waals surface area contributed by atoms with Crippen molar-refractivity contribution in [3.63, 3.8) is 0 Å². The molecule has 0 aliphatic rings.